The van der Waals surface area contributed by atoms with Crippen LogP contribution in [0.4, 0.5) is 0 Å². The maximum atomic E-state index is 9.28. The van der Waals surface area contributed by atoms with Gasteiger partial charge in [-0.1, -0.05) is 0 Å². The van der Waals surface area contributed by atoms with E-state index in [1.54, 1.807) is 0 Å². The highest BCUT2D eigenvalue weighted by molar-refractivity contribution is 5.07. The van der Waals surface area contributed by atoms with Gasteiger partial charge in [-0.2, -0.15) is 5.26 Å². The summed E-state index contributed by atoms with van der Waals surface area (Å²) < 4.78 is 11.6. The molecule has 102 valence electrons. The molecule has 18 heavy (non-hydrogen) atoms. The highest BCUT2D eigenvalue weighted by atomic mass is 16.5. The monoisotopic (exact) mass is 252 g/mol. The van der Waals surface area contributed by atoms with Crippen molar-refractivity contribution in [1.29, 1.82) is 5.26 Å². The normalized spacial score (nSPS) is 35.8. The Morgan fingerprint density at radius 1 is 1.33 bits per heavy atom. The van der Waals surface area contributed by atoms with E-state index in [-0.39, 0.29) is 18.3 Å². The van der Waals surface area contributed by atoms with Crippen LogP contribution < -0.4 is 5.32 Å². The molecule has 1 saturated carbocycles. The van der Waals surface area contributed by atoms with Gasteiger partial charge in [0.05, 0.1) is 31.0 Å². The van der Waals surface area contributed by atoms with Crippen LogP contribution in [0.3, 0.4) is 0 Å². The van der Waals surface area contributed by atoms with Crippen molar-refractivity contribution < 1.29 is 9.47 Å². The van der Waals surface area contributed by atoms with Crippen LogP contribution in [0.5, 0.6) is 0 Å². The lowest BCUT2D eigenvalue weighted by Crippen LogP contribution is -2.48. The van der Waals surface area contributed by atoms with Crippen LogP contribution in [0.1, 0.15) is 46.5 Å². The Labute approximate surface area is 110 Å². The van der Waals surface area contributed by atoms with Crippen molar-refractivity contribution in [2.24, 2.45) is 0 Å². The average Bonchev–Trinajstić information content (AvgIpc) is 3.09. The molecule has 3 unspecified atom stereocenters. The molecule has 0 bridgehead atoms. The Bertz CT molecular complexity index is 314. The molecule has 0 amide bonds. The van der Waals surface area contributed by atoms with Gasteiger partial charge >= 0.3 is 0 Å². The third kappa shape index (κ3) is 3.94. The number of nitrogens with zero attached hydrogens (tertiary/aromatic N) is 1. The first-order valence-electron chi connectivity index (χ1n) is 6.97. The highest BCUT2D eigenvalue weighted by Crippen LogP contribution is 2.25. The Morgan fingerprint density at radius 3 is 2.44 bits per heavy atom. The fraction of sp³-hybridized carbons (Fsp3) is 0.929. The average molecular weight is 252 g/mol. The van der Waals surface area contributed by atoms with Crippen molar-refractivity contribution in [1.82, 2.24) is 5.32 Å². The van der Waals surface area contributed by atoms with Gasteiger partial charge in [0.25, 0.3) is 0 Å². The predicted molar refractivity (Wildman–Crippen MR) is 69.2 cm³/mol. The van der Waals surface area contributed by atoms with Crippen molar-refractivity contribution in [3.63, 3.8) is 0 Å². The van der Waals surface area contributed by atoms with Gasteiger partial charge in [0.15, 0.2) is 0 Å². The van der Waals surface area contributed by atoms with Crippen LogP contribution in [0.2, 0.25) is 0 Å². The Balaban J connectivity index is 1.80. The van der Waals surface area contributed by atoms with E-state index in [4.69, 9.17) is 9.47 Å². The lowest BCUT2D eigenvalue weighted by atomic mass is 10.0. The van der Waals surface area contributed by atoms with Gasteiger partial charge in [-0.05, 0) is 46.5 Å². The van der Waals surface area contributed by atoms with Gasteiger partial charge in [-0.25, -0.2) is 0 Å². The van der Waals surface area contributed by atoms with Crippen LogP contribution in [-0.4, -0.2) is 36.5 Å². The summed E-state index contributed by atoms with van der Waals surface area (Å²) in [5.41, 5.74) is -0.550. The molecular formula is C14H24N2O2. The molecule has 1 aliphatic carbocycles. The molecule has 0 radical (unpaired) electrons. The van der Waals surface area contributed by atoms with E-state index < -0.39 is 5.54 Å². The summed E-state index contributed by atoms with van der Waals surface area (Å²) in [4.78, 5) is 0. The zero-order valence-corrected chi connectivity index (χ0v) is 11.6. The standard InChI is InChI=1S/C14H24N2O2/c1-10-6-13(7-11(2)18-10)17-9-14(3,8-15)16-12-4-5-12/h10-13,16H,4-7,9H2,1-3H3. The van der Waals surface area contributed by atoms with E-state index in [0.29, 0.717) is 12.6 Å². The number of hydrogen-bond donors (Lipinski definition) is 1. The maximum Gasteiger partial charge on any atom is 0.127 e. The second-order valence-electron chi connectivity index (χ2n) is 6.02. The first-order chi connectivity index (χ1) is 8.50. The quantitative estimate of drug-likeness (QED) is 0.813. The van der Waals surface area contributed by atoms with Crippen molar-refractivity contribution in [2.75, 3.05) is 6.61 Å². The van der Waals surface area contributed by atoms with Crippen molar-refractivity contribution in [2.45, 2.75) is 76.3 Å². The number of rotatable bonds is 5. The molecule has 1 aliphatic heterocycles. The number of nitrogens with one attached hydrogen (secondary N) is 1. The summed E-state index contributed by atoms with van der Waals surface area (Å²) in [5, 5.41) is 12.6. The van der Waals surface area contributed by atoms with E-state index in [0.717, 1.165) is 12.8 Å². The van der Waals surface area contributed by atoms with Crippen molar-refractivity contribution >= 4 is 0 Å². The SMILES string of the molecule is CC1CC(OCC(C)(C#N)NC2CC2)CC(C)O1. The molecule has 0 aromatic heterocycles. The summed E-state index contributed by atoms with van der Waals surface area (Å²) in [6.45, 7) is 6.55. The fourth-order valence-electron chi connectivity index (χ4n) is 2.55. The van der Waals surface area contributed by atoms with E-state index in [2.05, 4.69) is 25.2 Å². The van der Waals surface area contributed by atoms with E-state index >= 15 is 0 Å². The Kier molecular flexibility index (Phi) is 4.26. The zero-order chi connectivity index (χ0) is 13.2. The molecule has 0 spiro atoms. The molecule has 3 atom stereocenters. The molecule has 4 heteroatoms. The number of nitriles is 1. The topological polar surface area (TPSA) is 54.3 Å². The molecule has 2 rings (SSSR count). The van der Waals surface area contributed by atoms with E-state index in [1.807, 2.05) is 6.92 Å². The smallest absolute Gasteiger partial charge is 0.127 e. The minimum Gasteiger partial charge on any atom is -0.375 e. The summed E-state index contributed by atoms with van der Waals surface area (Å²) in [6, 6.07) is 2.86. The third-order valence-electron chi connectivity index (χ3n) is 3.61. The van der Waals surface area contributed by atoms with Gasteiger partial charge in [-0.15, -0.1) is 0 Å². The second kappa shape index (κ2) is 5.56. The Hall–Kier alpha value is -0.630. The molecule has 0 aromatic carbocycles. The molecule has 0 aromatic rings. The molecule has 2 fully saturated rings. The summed E-state index contributed by atoms with van der Waals surface area (Å²) >= 11 is 0. The van der Waals surface area contributed by atoms with Gasteiger partial charge in [0.2, 0.25) is 0 Å². The molecule has 1 heterocycles. The third-order valence-corrected chi connectivity index (χ3v) is 3.61. The molecule has 1 N–H and O–H groups in total. The van der Waals surface area contributed by atoms with Crippen LogP contribution in [0.25, 0.3) is 0 Å². The first-order valence-corrected chi connectivity index (χ1v) is 6.97. The first kappa shape index (κ1) is 13.8. The zero-order valence-electron chi connectivity index (χ0n) is 11.6. The molecule has 1 saturated heterocycles. The minimum atomic E-state index is -0.550. The van der Waals surface area contributed by atoms with Crippen molar-refractivity contribution in [3.05, 3.63) is 0 Å². The van der Waals surface area contributed by atoms with Crippen LogP contribution >= 0.6 is 0 Å². The van der Waals surface area contributed by atoms with E-state index in [9.17, 15) is 5.26 Å². The summed E-state index contributed by atoms with van der Waals surface area (Å²) in [7, 11) is 0. The Morgan fingerprint density at radius 2 is 1.94 bits per heavy atom. The lowest BCUT2D eigenvalue weighted by molar-refractivity contribution is -0.107. The second-order valence-corrected chi connectivity index (χ2v) is 6.02. The lowest BCUT2D eigenvalue weighted by Gasteiger charge is -2.34. The maximum absolute atomic E-state index is 9.28. The summed E-state index contributed by atoms with van der Waals surface area (Å²) in [6.07, 6.45) is 4.94. The number of ether oxygens (including phenoxy) is 2. The van der Waals surface area contributed by atoms with Gasteiger partial charge in [0, 0.05) is 6.04 Å². The van der Waals surface area contributed by atoms with E-state index in [1.165, 1.54) is 12.8 Å². The summed E-state index contributed by atoms with van der Waals surface area (Å²) in [5.74, 6) is 0. The van der Waals surface area contributed by atoms with Crippen LogP contribution in [0.15, 0.2) is 0 Å². The van der Waals surface area contributed by atoms with Gasteiger partial charge < -0.3 is 9.47 Å². The largest absolute Gasteiger partial charge is 0.375 e. The van der Waals surface area contributed by atoms with Crippen LogP contribution in [-0.2, 0) is 9.47 Å². The van der Waals surface area contributed by atoms with Gasteiger partial charge in [0.1, 0.15) is 5.54 Å². The van der Waals surface area contributed by atoms with Crippen LogP contribution in [0, 0.1) is 11.3 Å². The highest BCUT2D eigenvalue weighted by Gasteiger charge is 2.34. The van der Waals surface area contributed by atoms with Gasteiger partial charge in [-0.3, -0.25) is 5.32 Å². The molecule has 4 nitrogen and oxygen atoms in total. The molecular weight excluding hydrogens is 228 g/mol. The fourth-order valence-corrected chi connectivity index (χ4v) is 2.55. The number of hydrogen-bond acceptors (Lipinski definition) is 4. The van der Waals surface area contributed by atoms with Crippen molar-refractivity contribution in [3.8, 4) is 6.07 Å². The molecule has 2 aliphatic rings. The predicted octanol–water partition coefficient (Wildman–Crippen LogP) is 1.99. The minimum absolute atomic E-state index is 0.220.